The normalized spacial score (nSPS) is 30.8. The fourth-order valence-corrected chi connectivity index (χ4v) is 3.50. The van der Waals surface area contributed by atoms with Gasteiger partial charge in [0.25, 0.3) is 0 Å². The maximum atomic E-state index is 12.1. The van der Waals surface area contributed by atoms with Crippen LogP contribution in [0.3, 0.4) is 0 Å². The molecule has 0 aromatic rings. The zero-order chi connectivity index (χ0) is 13.7. The van der Waals surface area contributed by atoms with E-state index in [1.807, 2.05) is 0 Å². The predicted octanol–water partition coefficient (Wildman–Crippen LogP) is 2.99. The van der Waals surface area contributed by atoms with E-state index in [1.54, 1.807) is 0 Å². The molecule has 1 aliphatic carbocycles. The van der Waals surface area contributed by atoms with E-state index in [2.05, 4.69) is 24.5 Å². The van der Waals surface area contributed by atoms with Gasteiger partial charge in [-0.3, -0.25) is 4.79 Å². The Morgan fingerprint density at radius 3 is 2.68 bits per heavy atom. The van der Waals surface area contributed by atoms with E-state index in [1.165, 1.54) is 38.5 Å². The number of nitrogens with one attached hydrogen (secondary N) is 2. The number of piperidine rings is 1. The first kappa shape index (κ1) is 14.8. The molecule has 19 heavy (non-hydrogen) atoms. The van der Waals surface area contributed by atoms with Crippen LogP contribution in [0, 0.1) is 5.41 Å². The molecular weight excluding hydrogens is 236 g/mol. The Morgan fingerprint density at radius 1 is 1.21 bits per heavy atom. The van der Waals surface area contributed by atoms with Crippen molar-refractivity contribution in [2.45, 2.75) is 83.7 Å². The van der Waals surface area contributed by atoms with Gasteiger partial charge in [-0.05, 0) is 44.1 Å². The number of hydrogen-bond donors (Lipinski definition) is 2. The van der Waals surface area contributed by atoms with E-state index in [9.17, 15) is 4.79 Å². The first-order valence-corrected chi connectivity index (χ1v) is 8.11. The van der Waals surface area contributed by atoms with E-state index in [0.717, 1.165) is 19.4 Å². The lowest BCUT2D eigenvalue weighted by molar-refractivity contribution is -0.123. The van der Waals surface area contributed by atoms with Gasteiger partial charge in [-0.2, -0.15) is 0 Å². The average molecular weight is 266 g/mol. The molecule has 2 unspecified atom stereocenters. The van der Waals surface area contributed by atoms with Crippen LogP contribution in [0.15, 0.2) is 0 Å². The van der Waals surface area contributed by atoms with E-state index in [-0.39, 0.29) is 11.3 Å². The Bertz CT molecular complexity index is 295. The molecule has 1 saturated carbocycles. The third kappa shape index (κ3) is 4.48. The van der Waals surface area contributed by atoms with E-state index in [4.69, 9.17) is 0 Å². The molecule has 0 radical (unpaired) electrons. The SMILES string of the molecule is CC1(C)CCCCC1NC(=O)CCC1CCCCN1. The summed E-state index contributed by atoms with van der Waals surface area (Å²) < 4.78 is 0. The van der Waals surface area contributed by atoms with Crippen molar-refractivity contribution in [1.29, 1.82) is 0 Å². The molecule has 0 spiro atoms. The van der Waals surface area contributed by atoms with Gasteiger partial charge in [-0.25, -0.2) is 0 Å². The number of hydrogen-bond acceptors (Lipinski definition) is 2. The van der Waals surface area contributed by atoms with Crippen molar-refractivity contribution in [3.05, 3.63) is 0 Å². The number of amides is 1. The Morgan fingerprint density at radius 2 is 2.00 bits per heavy atom. The highest BCUT2D eigenvalue weighted by molar-refractivity contribution is 5.76. The second-order valence-electron chi connectivity index (χ2n) is 7.04. The number of carbonyl (C=O) groups is 1. The summed E-state index contributed by atoms with van der Waals surface area (Å²) >= 11 is 0. The maximum Gasteiger partial charge on any atom is 0.220 e. The first-order chi connectivity index (χ1) is 9.08. The lowest BCUT2D eigenvalue weighted by atomic mass is 9.73. The van der Waals surface area contributed by atoms with Crippen LogP contribution in [-0.2, 0) is 4.79 Å². The Kier molecular flexibility index (Phi) is 5.26. The van der Waals surface area contributed by atoms with Gasteiger partial charge in [-0.15, -0.1) is 0 Å². The fourth-order valence-electron chi connectivity index (χ4n) is 3.50. The van der Waals surface area contributed by atoms with Gasteiger partial charge in [0.1, 0.15) is 0 Å². The molecule has 0 bridgehead atoms. The van der Waals surface area contributed by atoms with Crippen LogP contribution in [0.4, 0.5) is 0 Å². The van der Waals surface area contributed by atoms with Crippen molar-refractivity contribution in [3.63, 3.8) is 0 Å². The molecule has 2 N–H and O–H groups in total. The van der Waals surface area contributed by atoms with Crippen LogP contribution in [0.2, 0.25) is 0 Å². The summed E-state index contributed by atoms with van der Waals surface area (Å²) in [5.74, 6) is 0.257. The summed E-state index contributed by atoms with van der Waals surface area (Å²) in [4.78, 5) is 12.1. The minimum atomic E-state index is 0.257. The van der Waals surface area contributed by atoms with Crippen LogP contribution in [0.25, 0.3) is 0 Å². The van der Waals surface area contributed by atoms with Gasteiger partial charge in [0.2, 0.25) is 5.91 Å². The predicted molar refractivity (Wildman–Crippen MR) is 79.1 cm³/mol. The minimum Gasteiger partial charge on any atom is -0.353 e. The summed E-state index contributed by atoms with van der Waals surface area (Å²) in [7, 11) is 0. The second kappa shape index (κ2) is 6.74. The van der Waals surface area contributed by atoms with Gasteiger partial charge in [0, 0.05) is 18.5 Å². The maximum absolute atomic E-state index is 12.1. The van der Waals surface area contributed by atoms with Crippen LogP contribution < -0.4 is 10.6 Å². The zero-order valence-corrected chi connectivity index (χ0v) is 12.6. The first-order valence-electron chi connectivity index (χ1n) is 8.11. The summed E-state index contributed by atoms with van der Waals surface area (Å²) in [5.41, 5.74) is 0.275. The van der Waals surface area contributed by atoms with Crippen molar-refractivity contribution < 1.29 is 4.79 Å². The number of carbonyl (C=O) groups excluding carboxylic acids is 1. The molecule has 2 fully saturated rings. The fraction of sp³-hybridized carbons (Fsp3) is 0.938. The molecule has 2 atom stereocenters. The van der Waals surface area contributed by atoms with Crippen molar-refractivity contribution in [2.24, 2.45) is 5.41 Å². The lowest BCUT2D eigenvalue weighted by Gasteiger charge is -2.39. The largest absolute Gasteiger partial charge is 0.353 e. The Labute approximate surface area is 117 Å². The molecule has 1 saturated heterocycles. The molecule has 2 rings (SSSR count). The Balaban J connectivity index is 1.71. The Hall–Kier alpha value is -0.570. The monoisotopic (exact) mass is 266 g/mol. The van der Waals surface area contributed by atoms with Crippen molar-refractivity contribution >= 4 is 5.91 Å². The van der Waals surface area contributed by atoms with Gasteiger partial charge >= 0.3 is 0 Å². The molecule has 2 aliphatic rings. The van der Waals surface area contributed by atoms with Crippen molar-refractivity contribution in [1.82, 2.24) is 10.6 Å². The molecule has 110 valence electrons. The topological polar surface area (TPSA) is 41.1 Å². The molecule has 1 heterocycles. The highest BCUT2D eigenvalue weighted by Crippen LogP contribution is 2.35. The van der Waals surface area contributed by atoms with Gasteiger partial charge in [0.15, 0.2) is 0 Å². The van der Waals surface area contributed by atoms with Crippen LogP contribution >= 0.6 is 0 Å². The molecule has 1 aliphatic heterocycles. The minimum absolute atomic E-state index is 0.257. The van der Waals surface area contributed by atoms with E-state index < -0.39 is 0 Å². The van der Waals surface area contributed by atoms with Gasteiger partial charge < -0.3 is 10.6 Å². The summed E-state index contributed by atoms with van der Waals surface area (Å²) in [6.45, 7) is 5.71. The molecule has 3 nitrogen and oxygen atoms in total. The highest BCUT2D eigenvalue weighted by atomic mass is 16.1. The van der Waals surface area contributed by atoms with Crippen molar-refractivity contribution in [3.8, 4) is 0 Å². The lowest BCUT2D eigenvalue weighted by Crippen LogP contribution is -2.47. The van der Waals surface area contributed by atoms with E-state index >= 15 is 0 Å². The van der Waals surface area contributed by atoms with Crippen LogP contribution in [0.5, 0.6) is 0 Å². The molecule has 0 aromatic heterocycles. The van der Waals surface area contributed by atoms with Gasteiger partial charge in [-0.1, -0.05) is 33.1 Å². The quantitative estimate of drug-likeness (QED) is 0.821. The van der Waals surface area contributed by atoms with Gasteiger partial charge in [0.05, 0.1) is 0 Å². The zero-order valence-electron chi connectivity index (χ0n) is 12.6. The number of rotatable bonds is 4. The van der Waals surface area contributed by atoms with Crippen LogP contribution in [-0.4, -0.2) is 24.5 Å². The second-order valence-corrected chi connectivity index (χ2v) is 7.04. The smallest absolute Gasteiger partial charge is 0.220 e. The standard InChI is InChI=1S/C16H30N2O/c1-16(2)11-5-3-8-14(16)18-15(19)10-9-13-7-4-6-12-17-13/h13-14,17H,3-12H2,1-2H3,(H,18,19). The molecule has 1 amide bonds. The van der Waals surface area contributed by atoms with Crippen molar-refractivity contribution in [2.75, 3.05) is 6.54 Å². The summed E-state index contributed by atoms with van der Waals surface area (Å²) in [6.07, 6.45) is 10.5. The highest BCUT2D eigenvalue weighted by Gasteiger charge is 2.33. The summed E-state index contributed by atoms with van der Waals surface area (Å²) in [5, 5.41) is 6.80. The summed E-state index contributed by atoms with van der Waals surface area (Å²) in [6, 6.07) is 0.951. The molecular formula is C16H30N2O. The van der Waals surface area contributed by atoms with E-state index in [0.29, 0.717) is 18.5 Å². The third-order valence-corrected chi connectivity index (χ3v) is 4.97. The molecule has 3 heteroatoms. The average Bonchev–Trinajstić information content (AvgIpc) is 2.40. The van der Waals surface area contributed by atoms with Crippen LogP contribution in [0.1, 0.15) is 71.6 Å². The third-order valence-electron chi connectivity index (χ3n) is 4.97. The molecule has 0 aromatic carbocycles.